The van der Waals surface area contributed by atoms with E-state index in [1.54, 1.807) is 13.0 Å². The van der Waals surface area contributed by atoms with Gasteiger partial charge in [-0.25, -0.2) is 0 Å². The number of nitrogens with two attached hydrogens (primary N) is 1. The largest absolute Gasteiger partial charge is 0.507 e. The molecule has 0 aliphatic rings. The number of fused-ring (bicyclic) bond motifs is 1. The van der Waals surface area contributed by atoms with E-state index in [1.165, 1.54) is 6.07 Å². The third-order valence-corrected chi connectivity index (χ3v) is 3.73. The number of halogens is 3. The fourth-order valence-electron chi connectivity index (χ4n) is 1.87. The number of nitrogen functional groups attached to an aromatic ring is 1. The van der Waals surface area contributed by atoms with E-state index >= 15 is 0 Å². The van der Waals surface area contributed by atoms with E-state index in [9.17, 15) is 18.3 Å². The van der Waals surface area contributed by atoms with Crippen LogP contribution in [0.1, 0.15) is 11.4 Å². The number of alkyl halides is 3. The van der Waals surface area contributed by atoms with Crippen LogP contribution in [0.4, 0.5) is 18.9 Å². The topological polar surface area (TPSA) is 89.3 Å². The molecule has 0 aliphatic heterocycles. The number of phenolic OH excluding ortho intramolecular Hbond substituents is 1. The van der Waals surface area contributed by atoms with E-state index in [0.29, 0.717) is 15.8 Å². The number of aromatic hydroxyl groups is 1. The van der Waals surface area contributed by atoms with Crippen molar-refractivity contribution in [3.63, 3.8) is 0 Å². The number of hydrogen-bond donors (Lipinski definition) is 2. The quantitative estimate of drug-likeness (QED) is 0.532. The standard InChI is InChI=1S/C11H8F3N5OS/c1-4-2-5(15)3-6(7(4)20)8-18-19-9(11(12,13)14)16-17-10(19)21-8/h2-3,20H,15H2,1H3. The molecule has 2 heterocycles. The molecule has 1 aromatic carbocycles. The van der Waals surface area contributed by atoms with Crippen molar-refractivity contribution in [2.24, 2.45) is 0 Å². The molecule has 110 valence electrons. The highest BCUT2D eigenvalue weighted by atomic mass is 32.1. The third-order valence-electron chi connectivity index (χ3n) is 2.80. The first kappa shape index (κ1) is 13.6. The minimum absolute atomic E-state index is 0.0168. The number of nitrogens with zero attached hydrogens (tertiary/aromatic N) is 4. The van der Waals surface area contributed by atoms with Gasteiger partial charge in [-0.05, 0) is 24.6 Å². The highest BCUT2D eigenvalue weighted by Crippen LogP contribution is 2.37. The lowest BCUT2D eigenvalue weighted by molar-refractivity contribution is -0.146. The first-order chi connectivity index (χ1) is 9.77. The Balaban J connectivity index is 2.21. The van der Waals surface area contributed by atoms with Crippen LogP contribution in [-0.2, 0) is 6.18 Å². The number of aryl methyl sites for hydroxylation is 1. The van der Waals surface area contributed by atoms with E-state index in [0.717, 1.165) is 11.3 Å². The lowest BCUT2D eigenvalue weighted by atomic mass is 10.1. The van der Waals surface area contributed by atoms with Gasteiger partial charge < -0.3 is 10.8 Å². The molecular formula is C11H8F3N5OS. The van der Waals surface area contributed by atoms with Crippen molar-refractivity contribution in [3.8, 4) is 16.3 Å². The second kappa shape index (κ2) is 4.32. The average Bonchev–Trinajstić information content (AvgIpc) is 2.91. The molecule has 0 amide bonds. The Hall–Kier alpha value is -2.36. The van der Waals surface area contributed by atoms with E-state index in [-0.39, 0.29) is 21.3 Å². The minimum atomic E-state index is -4.65. The summed E-state index contributed by atoms with van der Waals surface area (Å²) < 4.78 is 38.8. The van der Waals surface area contributed by atoms with Crippen molar-refractivity contribution in [3.05, 3.63) is 23.5 Å². The molecule has 0 aliphatic carbocycles. The van der Waals surface area contributed by atoms with Crippen LogP contribution in [0.5, 0.6) is 5.75 Å². The highest BCUT2D eigenvalue weighted by Gasteiger charge is 2.38. The van der Waals surface area contributed by atoms with Crippen molar-refractivity contribution in [1.82, 2.24) is 19.8 Å². The molecule has 10 heteroatoms. The highest BCUT2D eigenvalue weighted by molar-refractivity contribution is 7.19. The molecule has 0 atom stereocenters. The van der Waals surface area contributed by atoms with Crippen LogP contribution in [0.3, 0.4) is 0 Å². The number of aromatic nitrogens is 4. The van der Waals surface area contributed by atoms with Gasteiger partial charge >= 0.3 is 6.18 Å². The first-order valence-corrected chi connectivity index (χ1v) is 6.48. The molecule has 0 radical (unpaired) electrons. The molecule has 21 heavy (non-hydrogen) atoms. The molecule has 0 saturated carbocycles. The third kappa shape index (κ3) is 2.17. The summed E-state index contributed by atoms with van der Waals surface area (Å²) in [5.41, 5.74) is 6.83. The van der Waals surface area contributed by atoms with Crippen LogP contribution >= 0.6 is 11.3 Å². The van der Waals surface area contributed by atoms with Crippen LogP contribution in [0.25, 0.3) is 15.5 Å². The normalized spacial score (nSPS) is 12.2. The minimum Gasteiger partial charge on any atom is -0.507 e. The summed E-state index contributed by atoms with van der Waals surface area (Å²) in [6, 6.07) is 3.00. The Morgan fingerprint density at radius 3 is 2.67 bits per heavy atom. The number of anilines is 1. The fourth-order valence-corrected chi connectivity index (χ4v) is 2.73. The van der Waals surface area contributed by atoms with Gasteiger partial charge in [-0.15, -0.1) is 10.2 Å². The number of benzene rings is 1. The number of hydrogen-bond acceptors (Lipinski definition) is 6. The Labute approximate surface area is 119 Å². The van der Waals surface area contributed by atoms with Crippen LogP contribution in [0.15, 0.2) is 12.1 Å². The molecule has 2 aromatic heterocycles. The summed E-state index contributed by atoms with van der Waals surface area (Å²) >= 11 is 0.882. The predicted molar refractivity (Wildman–Crippen MR) is 69.9 cm³/mol. The molecule has 3 N–H and O–H groups in total. The zero-order valence-corrected chi connectivity index (χ0v) is 11.3. The van der Waals surface area contributed by atoms with Crippen LogP contribution in [0, 0.1) is 6.92 Å². The summed E-state index contributed by atoms with van der Waals surface area (Å²) in [7, 11) is 0. The van der Waals surface area contributed by atoms with Gasteiger partial charge in [0.1, 0.15) is 5.75 Å². The van der Waals surface area contributed by atoms with Crippen LogP contribution in [0.2, 0.25) is 0 Å². The lowest BCUT2D eigenvalue weighted by Gasteiger charge is -2.06. The molecule has 0 bridgehead atoms. The molecule has 3 aromatic rings. The molecule has 6 nitrogen and oxygen atoms in total. The van der Waals surface area contributed by atoms with Crippen molar-refractivity contribution in [1.29, 1.82) is 0 Å². The van der Waals surface area contributed by atoms with Crippen molar-refractivity contribution < 1.29 is 18.3 Å². The molecule has 0 saturated heterocycles. The van der Waals surface area contributed by atoms with Gasteiger partial charge in [0.05, 0.1) is 5.56 Å². The van der Waals surface area contributed by atoms with Gasteiger partial charge in [-0.2, -0.15) is 22.8 Å². The average molecular weight is 315 g/mol. The summed E-state index contributed by atoms with van der Waals surface area (Å²) in [6.45, 7) is 1.64. The van der Waals surface area contributed by atoms with E-state index in [2.05, 4.69) is 15.3 Å². The second-order valence-electron chi connectivity index (χ2n) is 4.36. The van der Waals surface area contributed by atoms with Gasteiger partial charge in [0.15, 0.2) is 5.01 Å². The summed E-state index contributed by atoms with van der Waals surface area (Å²) in [4.78, 5) is -0.0168. The molecule has 0 fully saturated rings. The summed E-state index contributed by atoms with van der Waals surface area (Å²) in [5, 5.41) is 20.5. The Morgan fingerprint density at radius 1 is 1.29 bits per heavy atom. The maximum Gasteiger partial charge on any atom is 0.453 e. The first-order valence-electron chi connectivity index (χ1n) is 5.66. The maximum absolute atomic E-state index is 12.7. The Kier molecular flexibility index (Phi) is 2.80. The Bertz CT molecular complexity index is 838. The Morgan fingerprint density at radius 2 is 2.00 bits per heavy atom. The monoisotopic (exact) mass is 315 g/mol. The lowest BCUT2D eigenvalue weighted by Crippen LogP contribution is -2.11. The van der Waals surface area contributed by atoms with Crippen molar-refractivity contribution in [2.45, 2.75) is 13.1 Å². The summed E-state index contributed by atoms with van der Waals surface area (Å²) in [6.07, 6.45) is -4.65. The van der Waals surface area contributed by atoms with Gasteiger partial charge in [-0.3, -0.25) is 0 Å². The zero-order valence-electron chi connectivity index (χ0n) is 10.5. The van der Waals surface area contributed by atoms with Crippen molar-refractivity contribution in [2.75, 3.05) is 5.73 Å². The van der Waals surface area contributed by atoms with Crippen molar-refractivity contribution >= 4 is 22.0 Å². The molecule has 0 unspecified atom stereocenters. The predicted octanol–water partition coefficient (Wildman–Crippen LogP) is 2.47. The van der Waals surface area contributed by atoms with Gasteiger partial charge in [0, 0.05) is 5.69 Å². The number of rotatable bonds is 1. The van der Waals surface area contributed by atoms with Gasteiger partial charge in [-0.1, -0.05) is 11.3 Å². The van der Waals surface area contributed by atoms with Crippen LogP contribution in [-0.4, -0.2) is 24.9 Å². The van der Waals surface area contributed by atoms with E-state index in [4.69, 9.17) is 5.73 Å². The molecular weight excluding hydrogens is 307 g/mol. The zero-order chi connectivity index (χ0) is 15.4. The van der Waals surface area contributed by atoms with Gasteiger partial charge in [0.2, 0.25) is 4.96 Å². The van der Waals surface area contributed by atoms with E-state index in [1.807, 2.05) is 0 Å². The van der Waals surface area contributed by atoms with Crippen LogP contribution < -0.4 is 5.73 Å². The number of phenols is 1. The van der Waals surface area contributed by atoms with Gasteiger partial charge in [0.25, 0.3) is 5.82 Å². The SMILES string of the molecule is Cc1cc(N)cc(-c2nn3c(C(F)(F)F)nnc3s2)c1O. The van der Waals surface area contributed by atoms with E-state index < -0.39 is 12.0 Å². The maximum atomic E-state index is 12.7. The fraction of sp³-hybridized carbons (Fsp3) is 0.182. The summed E-state index contributed by atoms with van der Waals surface area (Å²) in [5.74, 6) is -1.29. The smallest absolute Gasteiger partial charge is 0.453 e. The second-order valence-corrected chi connectivity index (χ2v) is 5.31. The molecule has 3 rings (SSSR count). The molecule has 0 spiro atoms.